The molecule has 0 aliphatic carbocycles. The van der Waals surface area contributed by atoms with Crippen LogP contribution in [-0.2, 0) is 6.42 Å². The van der Waals surface area contributed by atoms with E-state index in [2.05, 4.69) is 30.6 Å². The number of nitrogens with two attached hydrogens (primary N) is 1. The van der Waals surface area contributed by atoms with Gasteiger partial charge in [0.2, 0.25) is 0 Å². The molecule has 3 heterocycles. The van der Waals surface area contributed by atoms with E-state index in [0.29, 0.717) is 17.9 Å². The van der Waals surface area contributed by atoms with Gasteiger partial charge in [-0.05, 0) is 36.6 Å². The molecular formula is C23H23N7O. The Hall–Kier alpha value is -4.07. The van der Waals surface area contributed by atoms with Crippen molar-refractivity contribution in [3.63, 3.8) is 0 Å². The third-order valence-electron chi connectivity index (χ3n) is 5.11. The number of carbonyl (C=O) groups excluding carboxylic acids is 1. The van der Waals surface area contributed by atoms with Crippen molar-refractivity contribution < 1.29 is 4.79 Å². The minimum atomic E-state index is -0.122. The summed E-state index contributed by atoms with van der Waals surface area (Å²) >= 11 is 0. The van der Waals surface area contributed by atoms with Crippen molar-refractivity contribution in [2.24, 2.45) is 0 Å². The first-order valence-corrected chi connectivity index (χ1v) is 9.94. The van der Waals surface area contributed by atoms with Crippen molar-refractivity contribution in [1.29, 1.82) is 0 Å². The zero-order valence-corrected chi connectivity index (χ0v) is 17.4. The van der Waals surface area contributed by atoms with Crippen molar-refractivity contribution >= 4 is 28.4 Å². The Morgan fingerprint density at radius 3 is 2.77 bits per heavy atom. The third kappa shape index (κ3) is 4.28. The van der Waals surface area contributed by atoms with Gasteiger partial charge in [-0.15, -0.1) is 0 Å². The molecule has 4 rings (SSSR count). The molecule has 0 aliphatic rings. The number of aromatic nitrogens is 4. The zero-order valence-electron chi connectivity index (χ0n) is 17.4. The van der Waals surface area contributed by atoms with Crippen LogP contribution in [0, 0.1) is 6.92 Å². The van der Waals surface area contributed by atoms with Gasteiger partial charge in [-0.3, -0.25) is 9.78 Å². The second-order valence-corrected chi connectivity index (χ2v) is 7.14. The van der Waals surface area contributed by atoms with Crippen LogP contribution in [0.2, 0.25) is 0 Å². The molecule has 0 bridgehead atoms. The van der Waals surface area contributed by atoms with Gasteiger partial charge in [0.1, 0.15) is 18.0 Å². The van der Waals surface area contributed by atoms with Gasteiger partial charge in [0.25, 0.3) is 5.91 Å². The molecule has 0 radical (unpaired) electrons. The summed E-state index contributed by atoms with van der Waals surface area (Å²) in [6.45, 7) is 2.57. The largest absolute Gasteiger partial charge is 0.383 e. The van der Waals surface area contributed by atoms with E-state index in [1.807, 2.05) is 37.3 Å². The molecule has 4 N–H and O–H groups in total. The number of pyridine rings is 2. The maximum absolute atomic E-state index is 12.1. The lowest BCUT2D eigenvalue weighted by Crippen LogP contribution is -2.18. The molecule has 1 aromatic carbocycles. The van der Waals surface area contributed by atoms with Crippen molar-refractivity contribution in [1.82, 2.24) is 25.3 Å². The van der Waals surface area contributed by atoms with Crippen LogP contribution in [0.5, 0.6) is 0 Å². The molecule has 0 aliphatic heterocycles. The fourth-order valence-corrected chi connectivity index (χ4v) is 3.43. The summed E-state index contributed by atoms with van der Waals surface area (Å²) in [7, 11) is 1.63. The molecule has 0 atom stereocenters. The Balaban J connectivity index is 1.50. The lowest BCUT2D eigenvalue weighted by molar-refractivity contribution is 0.0964. The highest BCUT2D eigenvalue weighted by Crippen LogP contribution is 2.22. The van der Waals surface area contributed by atoms with Crippen LogP contribution in [-0.4, -0.2) is 39.4 Å². The van der Waals surface area contributed by atoms with Gasteiger partial charge in [0.05, 0.1) is 16.8 Å². The summed E-state index contributed by atoms with van der Waals surface area (Å²) in [6.07, 6.45) is 5.63. The number of nitrogens with one attached hydrogen (secondary N) is 2. The SMILES string of the molecule is CNC(=O)c1ccnc2c(CCNc3cc(-c4cnc(N)c(C)c4)ncn3)cccc12. The Labute approximate surface area is 180 Å². The predicted molar refractivity (Wildman–Crippen MR) is 122 cm³/mol. The van der Waals surface area contributed by atoms with Crippen molar-refractivity contribution in [2.45, 2.75) is 13.3 Å². The minimum Gasteiger partial charge on any atom is -0.383 e. The molecule has 1 amide bonds. The molecule has 3 aromatic heterocycles. The van der Waals surface area contributed by atoms with E-state index in [4.69, 9.17) is 5.73 Å². The van der Waals surface area contributed by atoms with Crippen LogP contribution >= 0.6 is 0 Å². The highest BCUT2D eigenvalue weighted by molar-refractivity contribution is 6.06. The van der Waals surface area contributed by atoms with Gasteiger partial charge in [0.15, 0.2) is 0 Å². The summed E-state index contributed by atoms with van der Waals surface area (Å²) < 4.78 is 0. The van der Waals surface area contributed by atoms with Crippen molar-refractivity contribution in [3.05, 3.63) is 71.8 Å². The van der Waals surface area contributed by atoms with Crippen molar-refractivity contribution in [2.75, 3.05) is 24.6 Å². The molecule has 0 fully saturated rings. The van der Waals surface area contributed by atoms with Crippen LogP contribution in [0.15, 0.2) is 55.1 Å². The number of hydrogen-bond donors (Lipinski definition) is 3. The summed E-state index contributed by atoms with van der Waals surface area (Å²) in [4.78, 5) is 29.5. The molecule has 8 heteroatoms. The summed E-state index contributed by atoms with van der Waals surface area (Å²) in [5.41, 5.74) is 10.9. The maximum atomic E-state index is 12.1. The number of hydrogen-bond acceptors (Lipinski definition) is 7. The third-order valence-corrected chi connectivity index (χ3v) is 5.11. The first kappa shape index (κ1) is 20.2. The van der Waals surface area contributed by atoms with Gasteiger partial charge >= 0.3 is 0 Å². The molecule has 8 nitrogen and oxygen atoms in total. The van der Waals surface area contributed by atoms with Crippen molar-refractivity contribution in [3.8, 4) is 11.3 Å². The lowest BCUT2D eigenvalue weighted by atomic mass is 10.0. The number of nitrogen functional groups attached to an aromatic ring is 1. The second kappa shape index (κ2) is 8.74. The fourth-order valence-electron chi connectivity index (χ4n) is 3.43. The fraction of sp³-hybridized carbons (Fsp3) is 0.174. The smallest absolute Gasteiger partial charge is 0.251 e. The average Bonchev–Trinajstić information content (AvgIpc) is 2.80. The number of aryl methyl sites for hydroxylation is 1. The Bertz CT molecular complexity index is 1260. The Morgan fingerprint density at radius 2 is 1.97 bits per heavy atom. The van der Waals surface area contributed by atoms with Gasteiger partial charge in [-0.25, -0.2) is 15.0 Å². The van der Waals surface area contributed by atoms with E-state index in [0.717, 1.165) is 45.5 Å². The molecule has 31 heavy (non-hydrogen) atoms. The van der Waals surface area contributed by atoms with E-state index in [-0.39, 0.29) is 5.91 Å². The second-order valence-electron chi connectivity index (χ2n) is 7.14. The summed E-state index contributed by atoms with van der Waals surface area (Å²) in [5.74, 6) is 1.11. The highest BCUT2D eigenvalue weighted by atomic mass is 16.1. The minimum absolute atomic E-state index is 0.122. The summed E-state index contributed by atoms with van der Waals surface area (Å²) in [6, 6.07) is 11.5. The molecule has 0 saturated carbocycles. The number of fused-ring (bicyclic) bond motifs is 1. The standard InChI is InChI=1S/C23H23N7O/c1-14-10-16(12-28-22(14)24)19-11-20(30-13-29-19)26-8-6-15-4-3-5-17-18(23(31)25-2)7-9-27-21(15)17/h3-5,7,9-13H,6,8H2,1-2H3,(H2,24,28)(H,25,31)(H,26,29,30). The number of nitrogens with zero attached hydrogens (tertiary/aromatic N) is 4. The topological polar surface area (TPSA) is 119 Å². The number of carbonyl (C=O) groups is 1. The molecular weight excluding hydrogens is 390 g/mol. The zero-order chi connectivity index (χ0) is 21.8. The van der Waals surface area contributed by atoms with E-state index in [1.165, 1.54) is 6.33 Å². The monoisotopic (exact) mass is 413 g/mol. The lowest BCUT2D eigenvalue weighted by Gasteiger charge is -2.10. The van der Waals surface area contributed by atoms with Crippen LogP contribution < -0.4 is 16.4 Å². The van der Waals surface area contributed by atoms with Gasteiger partial charge in [-0.1, -0.05) is 18.2 Å². The number of rotatable bonds is 6. The van der Waals surface area contributed by atoms with E-state index in [1.54, 1.807) is 25.5 Å². The van der Waals surface area contributed by atoms with Gasteiger partial charge in [-0.2, -0.15) is 0 Å². The predicted octanol–water partition coefficient (Wildman–Crippen LogP) is 2.99. The first-order chi connectivity index (χ1) is 15.1. The number of anilines is 2. The van der Waals surface area contributed by atoms with E-state index < -0.39 is 0 Å². The highest BCUT2D eigenvalue weighted by Gasteiger charge is 2.11. The maximum Gasteiger partial charge on any atom is 0.251 e. The van der Waals surface area contributed by atoms with E-state index >= 15 is 0 Å². The molecule has 4 aromatic rings. The first-order valence-electron chi connectivity index (χ1n) is 9.94. The van der Waals surface area contributed by atoms with Gasteiger partial charge < -0.3 is 16.4 Å². The van der Waals surface area contributed by atoms with Crippen LogP contribution in [0.1, 0.15) is 21.5 Å². The average molecular weight is 413 g/mol. The van der Waals surface area contributed by atoms with Crippen LogP contribution in [0.3, 0.4) is 0 Å². The number of benzene rings is 1. The van der Waals surface area contributed by atoms with Crippen LogP contribution in [0.25, 0.3) is 22.2 Å². The number of para-hydroxylation sites is 1. The molecule has 156 valence electrons. The molecule has 0 spiro atoms. The van der Waals surface area contributed by atoms with Crippen LogP contribution in [0.4, 0.5) is 11.6 Å². The van der Waals surface area contributed by atoms with E-state index in [9.17, 15) is 4.79 Å². The molecule has 0 saturated heterocycles. The molecule has 0 unspecified atom stereocenters. The quantitative estimate of drug-likeness (QED) is 0.445. The Morgan fingerprint density at radius 1 is 1.10 bits per heavy atom. The normalized spacial score (nSPS) is 10.8. The van der Waals surface area contributed by atoms with Gasteiger partial charge in [0, 0.05) is 43.0 Å². The Kier molecular flexibility index (Phi) is 5.70. The summed E-state index contributed by atoms with van der Waals surface area (Å²) in [5, 5.41) is 6.86. The number of amides is 1.